The number of hydrogen-bond donors (Lipinski definition) is 0. The summed E-state index contributed by atoms with van der Waals surface area (Å²) in [5, 5.41) is 8.59. The number of Topliss-reactive ketones (excluding diaryl/α,β-unsaturated/α-hetero) is 1. The van der Waals surface area contributed by atoms with Crippen molar-refractivity contribution in [1.82, 2.24) is 0 Å². The van der Waals surface area contributed by atoms with Crippen molar-refractivity contribution in [1.29, 1.82) is 5.26 Å². The fourth-order valence-electron chi connectivity index (χ4n) is 1.19. The van der Waals surface area contributed by atoms with Gasteiger partial charge in [-0.15, -0.1) is 11.6 Å². The molecule has 0 aliphatic heterocycles. The lowest BCUT2D eigenvalue weighted by atomic mass is 10.0. The largest absolute Gasteiger partial charge is 0.419 e. The molecule has 0 atom stereocenters. The highest BCUT2D eigenvalue weighted by Gasteiger charge is 2.35. The summed E-state index contributed by atoms with van der Waals surface area (Å²) in [6, 6.07) is 2.13. The van der Waals surface area contributed by atoms with Gasteiger partial charge in [-0.25, -0.2) is 4.39 Å². The first-order chi connectivity index (χ1) is 7.81. The second-order valence-electron chi connectivity index (χ2n) is 3.04. The standard InChI is InChI=1S/C10H4ClF4NO/c11-3-9(17)6-2-7(10(13,14)15)8(12)1-5(6)4-16/h1-2H,3H2. The van der Waals surface area contributed by atoms with Gasteiger partial charge in [0.05, 0.1) is 23.1 Å². The molecular weight excluding hydrogens is 262 g/mol. The van der Waals surface area contributed by atoms with E-state index in [1.165, 1.54) is 6.07 Å². The van der Waals surface area contributed by atoms with E-state index in [9.17, 15) is 22.4 Å². The molecule has 0 aliphatic carbocycles. The molecule has 0 N–H and O–H groups in total. The van der Waals surface area contributed by atoms with E-state index in [4.69, 9.17) is 16.9 Å². The van der Waals surface area contributed by atoms with Gasteiger partial charge < -0.3 is 0 Å². The zero-order chi connectivity index (χ0) is 13.2. The summed E-state index contributed by atoms with van der Waals surface area (Å²) in [5.74, 6) is -3.05. The minimum absolute atomic E-state index is 0.304. The Morgan fingerprint density at radius 3 is 2.41 bits per heavy atom. The maximum atomic E-state index is 13.1. The topological polar surface area (TPSA) is 40.9 Å². The molecule has 2 nitrogen and oxygen atoms in total. The van der Waals surface area contributed by atoms with E-state index in [1.54, 1.807) is 0 Å². The van der Waals surface area contributed by atoms with Gasteiger partial charge in [0.25, 0.3) is 0 Å². The number of rotatable bonds is 2. The normalized spacial score (nSPS) is 11.1. The van der Waals surface area contributed by atoms with Gasteiger partial charge in [-0.3, -0.25) is 4.79 Å². The molecule has 0 aromatic heterocycles. The molecule has 1 aromatic carbocycles. The van der Waals surface area contributed by atoms with Crippen LogP contribution in [0.5, 0.6) is 0 Å². The first kappa shape index (κ1) is 13.5. The smallest absolute Gasteiger partial charge is 0.293 e. The number of hydrogen-bond acceptors (Lipinski definition) is 2. The number of nitriles is 1. The fourth-order valence-corrected chi connectivity index (χ4v) is 1.33. The number of benzene rings is 1. The van der Waals surface area contributed by atoms with E-state index < -0.39 is 40.3 Å². The SMILES string of the molecule is N#Cc1cc(F)c(C(F)(F)F)cc1C(=O)CCl. The first-order valence-corrected chi connectivity index (χ1v) is 4.74. The summed E-state index contributed by atoms with van der Waals surface area (Å²) in [7, 11) is 0. The predicted octanol–water partition coefficient (Wildman–Crippen LogP) is 3.14. The molecule has 0 radical (unpaired) electrons. The van der Waals surface area contributed by atoms with E-state index in [1.807, 2.05) is 0 Å². The van der Waals surface area contributed by atoms with Gasteiger partial charge in [-0.2, -0.15) is 18.4 Å². The maximum absolute atomic E-state index is 13.1. The first-order valence-electron chi connectivity index (χ1n) is 4.21. The molecule has 0 fully saturated rings. The Hall–Kier alpha value is -1.61. The quantitative estimate of drug-likeness (QED) is 0.468. The minimum atomic E-state index is -4.93. The number of nitrogens with zero attached hydrogens (tertiary/aromatic N) is 1. The molecule has 1 aromatic rings. The van der Waals surface area contributed by atoms with Gasteiger partial charge in [0.1, 0.15) is 5.82 Å². The molecule has 17 heavy (non-hydrogen) atoms. The zero-order valence-electron chi connectivity index (χ0n) is 8.11. The molecule has 0 saturated heterocycles. The zero-order valence-corrected chi connectivity index (χ0v) is 8.86. The lowest BCUT2D eigenvalue weighted by molar-refractivity contribution is -0.140. The summed E-state index contributed by atoms with van der Waals surface area (Å²) in [6.07, 6.45) is -4.93. The van der Waals surface area contributed by atoms with Crippen LogP contribution in [-0.2, 0) is 6.18 Å². The third-order valence-electron chi connectivity index (χ3n) is 1.95. The molecule has 0 spiro atoms. The van der Waals surface area contributed by atoms with Crippen LogP contribution in [0.4, 0.5) is 17.6 Å². The van der Waals surface area contributed by atoms with Crippen molar-refractivity contribution in [2.45, 2.75) is 6.18 Å². The second kappa shape index (κ2) is 4.72. The molecule has 0 heterocycles. The summed E-state index contributed by atoms with van der Waals surface area (Å²) < 4.78 is 50.2. The van der Waals surface area contributed by atoms with Crippen molar-refractivity contribution in [3.63, 3.8) is 0 Å². The van der Waals surface area contributed by atoms with Crippen LogP contribution >= 0.6 is 11.6 Å². The summed E-state index contributed by atoms with van der Waals surface area (Å²) in [6.45, 7) is 0. The van der Waals surface area contributed by atoms with Gasteiger partial charge in [0.15, 0.2) is 5.78 Å². The molecular formula is C10H4ClF4NO. The van der Waals surface area contributed by atoms with Gasteiger partial charge in [0.2, 0.25) is 0 Å². The molecule has 90 valence electrons. The van der Waals surface area contributed by atoms with Crippen molar-refractivity contribution in [3.05, 3.63) is 34.6 Å². The highest BCUT2D eigenvalue weighted by molar-refractivity contribution is 6.30. The van der Waals surface area contributed by atoms with Crippen LogP contribution < -0.4 is 0 Å². The summed E-state index contributed by atoms with van der Waals surface area (Å²) in [5.41, 5.74) is -2.60. The summed E-state index contributed by atoms with van der Waals surface area (Å²) >= 11 is 5.19. The molecule has 0 aliphatic rings. The average molecular weight is 266 g/mol. The number of alkyl halides is 4. The Kier molecular flexibility index (Phi) is 3.73. The monoisotopic (exact) mass is 265 g/mol. The molecule has 0 unspecified atom stereocenters. The van der Waals surface area contributed by atoms with Crippen LogP contribution in [0.25, 0.3) is 0 Å². The van der Waals surface area contributed by atoms with Crippen molar-refractivity contribution >= 4 is 17.4 Å². The molecule has 0 bridgehead atoms. The Balaban J connectivity index is 3.50. The van der Waals surface area contributed by atoms with E-state index in [-0.39, 0.29) is 0 Å². The lowest BCUT2D eigenvalue weighted by Gasteiger charge is -2.10. The minimum Gasteiger partial charge on any atom is -0.293 e. The fraction of sp³-hybridized carbons (Fsp3) is 0.200. The van der Waals surface area contributed by atoms with Crippen LogP contribution in [0.3, 0.4) is 0 Å². The Bertz CT molecular complexity index is 504. The number of carbonyl (C=O) groups is 1. The molecule has 0 saturated carbocycles. The second-order valence-corrected chi connectivity index (χ2v) is 3.31. The summed E-state index contributed by atoms with van der Waals surface area (Å²) in [4.78, 5) is 11.2. The van der Waals surface area contributed by atoms with Crippen molar-refractivity contribution < 1.29 is 22.4 Å². The van der Waals surface area contributed by atoms with E-state index >= 15 is 0 Å². The Morgan fingerprint density at radius 1 is 1.41 bits per heavy atom. The third kappa shape index (κ3) is 2.74. The van der Waals surface area contributed by atoms with Gasteiger partial charge >= 0.3 is 6.18 Å². The van der Waals surface area contributed by atoms with E-state index in [0.29, 0.717) is 12.1 Å². The van der Waals surface area contributed by atoms with Crippen LogP contribution in [0, 0.1) is 17.1 Å². The molecule has 0 amide bonds. The van der Waals surface area contributed by atoms with Crippen molar-refractivity contribution in [2.75, 3.05) is 5.88 Å². The third-order valence-corrected chi connectivity index (χ3v) is 2.20. The van der Waals surface area contributed by atoms with Crippen LogP contribution in [-0.4, -0.2) is 11.7 Å². The van der Waals surface area contributed by atoms with Crippen LogP contribution in [0.1, 0.15) is 21.5 Å². The molecule has 1 rings (SSSR count). The van der Waals surface area contributed by atoms with Crippen molar-refractivity contribution in [3.8, 4) is 6.07 Å². The van der Waals surface area contributed by atoms with Gasteiger partial charge in [-0.1, -0.05) is 0 Å². The Labute approximate surface area is 98.4 Å². The van der Waals surface area contributed by atoms with Gasteiger partial charge in [0, 0.05) is 5.56 Å². The maximum Gasteiger partial charge on any atom is 0.419 e. The number of halogens is 5. The predicted molar refractivity (Wildman–Crippen MR) is 51.2 cm³/mol. The lowest BCUT2D eigenvalue weighted by Crippen LogP contribution is -2.12. The van der Waals surface area contributed by atoms with Crippen LogP contribution in [0.15, 0.2) is 12.1 Å². The average Bonchev–Trinajstić information content (AvgIpc) is 2.25. The highest BCUT2D eigenvalue weighted by atomic mass is 35.5. The van der Waals surface area contributed by atoms with Crippen LogP contribution in [0.2, 0.25) is 0 Å². The Morgan fingerprint density at radius 2 is 2.00 bits per heavy atom. The molecule has 7 heteroatoms. The number of carbonyl (C=O) groups excluding carboxylic acids is 1. The highest BCUT2D eigenvalue weighted by Crippen LogP contribution is 2.33. The van der Waals surface area contributed by atoms with E-state index in [0.717, 1.165) is 0 Å². The van der Waals surface area contributed by atoms with Gasteiger partial charge in [-0.05, 0) is 12.1 Å². The van der Waals surface area contributed by atoms with E-state index in [2.05, 4.69) is 0 Å². The van der Waals surface area contributed by atoms with Crippen molar-refractivity contribution in [2.24, 2.45) is 0 Å². The number of ketones is 1.